The molecular weight excluding hydrogens is 390 g/mol. The fraction of sp³-hybridized carbons (Fsp3) is 0.792. The molecule has 172 valence electrons. The van der Waals surface area contributed by atoms with E-state index in [0.29, 0.717) is 24.9 Å². The molecule has 4 rings (SSSR count). The van der Waals surface area contributed by atoms with Gasteiger partial charge in [0.15, 0.2) is 0 Å². The molecule has 3 aliphatic rings. The molecular formula is C24H39N5O2. The van der Waals surface area contributed by atoms with E-state index in [2.05, 4.69) is 27.8 Å². The van der Waals surface area contributed by atoms with Crippen LogP contribution in [0.25, 0.3) is 0 Å². The van der Waals surface area contributed by atoms with Gasteiger partial charge in [-0.15, -0.1) is 0 Å². The molecule has 2 aliphatic carbocycles. The Morgan fingerprint density at radius 3 is 2.81 bits per heavy atom. The number of H-pyrrole nitrogens is 1. The molecule has 0 aromatic carbocycles. The van der Waals surface area contributed by atoms with Gasteiger partial charge >= 0.3 is 0 Å². The second-order valence-electron chi connectivity index (χ2n) is 9.77. The fourth-order valence-electron chi connectivity index (χ4n) is 5.81. The van der Waals surface area contributed by atoms with E-state index in [0.717, 1.165) is 45.1 Å². The van der Waals surface area contributed by atoms with Crippen molar-refractivity contribution in [1.82, 2.24) is 25.7 Å². The molecule has 31 heavy (non-hydrogen) atoms. The molecule has 1 saturated heterocycles. The number of carbonyl (C=O) groups excluding carboxylic acids is 2. The first kappa shape index (κ1) is 22.3. The van der Waals surface area contributed by atoms with E-state index in [1.807, 2.05) is 11.1 Å². The molecule has 0 bridgehead atoms. The summed E-state index contributed by atoms with van der Waals surface area (Å²) in [4.78, 5) is 28.3. The average molecular weight is 430 g/mol. The van der Waals surface area contributed by atoms with Crippen molar-refractivity contribution >= 4 is 11.8 Å². The summed E-state index contributed by atoms with van der Waals surface area (Å²) < 4.78 is 0. The highest BCUT2D eigenvalue weighted by molar-refractivity contribution is 5.90. The topological polar surface area (TPSA) is 90.1 Å². The molecule has 3 atom stereocenters. The summed E-state index contributed by atoms with van der Waals surface area (Å²) in [5, 5.41) is 13.8. The number of hydrogen-bond acceptors (Lipinski definition) is 4. The summed E-state index contributed by atoms with van der Waals surface area (Å²) in [6.07, 6.45) is 13.9. The predicted molar refractivity (Wildman–Crippen MR) is 121 cm³/mol. The van der Waals surface area contributed by atoms with Gasteiger partial charge in [0, 0.05) is 18.8 Å². The molecule has 3 N–H and O–H groups in total. The van der Waals surface area contributed by atoms with Crippen LogP contribution < -0.4 is 10.6 Å². The second kappa shape index (κ2) is 10.6. The number of nitrogens with one attached hydrogen (secondary N) is 3. The van der Waals surface area contributed by atoms with Crippen LogP contribution in [-0.4, -0.2) is 58.6 Å². The lowest BCUT2D eigenvalue weighted by molar-refractivity contribution is -0.140. The number of likely N-dealkylation sites (tertiary alicyclic amines) is 1. The van der Waals surface area contributed by atoms with E-state index in [1.165, 1.54) is 43.4 Å². The molecule has 1 aromatic rings. The maximum absolute atomic E-state index is 13.4. The minimum Gasteiger partial charge on any atom is -0.354 e. The molecule has 2 heterocycles. The number of hydrogen-bond donors (Lipinski definition) is 3. The van der Waals surface area contributed by atoms with Crippen LogP contribution in [0.2, 0.25) is 0 Å². The van der Waals surface area contributed by atoms with E-state index in [9.17, 15) is 9.59 Å². The van der Waals surface area contributed by atoms with Gasteiger partial charge in [-0.3, -0.25) is 14.7 Å². The number of aromatic amines is 1. The Kier molecular flexibility index (Phi) is 7.64. The summed E-state index contributed by atoms with van der Waals surface area (Å²) >= 11 is 0. The third-order valence-electron chi connectivity index (χ3n) is 7.56. The molecule has 2 amide bonds. The standard InChI is InChI=1S/C24H39N5O2/c1-2-25-21(14-17-7-4-3-5-8-17)24(31)29-12-6-9-22(29)23(30)26-15-18-10-11-20-19(13-18)16-27-28-20/h16-18,21-22,25H,2-15H2,1H3,(H,26,30)(H,27,28)/t18?,21-,22?/m1/s1. The van der Waals surface area contributed by atoms with Crippen LogP contribution >= 0.6 is 0 Å². The lowest BCUT2D eigenvalue weighted by Crippen LogP contribution is -2.53. The van der Waals surface area contributed by atoms with Gasteiger partial charge in [-0.05, 0) is 62.5 Å². The van der Waals surface area contributed by atoms with Crippen molar-refractivity contribution < 1.29 is 9.59 Å². The number of amides is 2. The summed E-state index contributed by atoms with van der Waals surface area (Å²) in [6, 6.07) is -0.465. The van der Waals surface area contributed by atoms with Crippen molar-refractivity contribution in [2.24, 2.45) is 11.8 Å². The monoisotopic (exact) mass is 429 g/mol. The zero-order chi connectivity index (χ0) is 21.6. The third kappa shape index (κ3) is 5.48. The number of likely N-dealkylation sites (N-methyl/N-ethyl adjacent to an activating group) is 1. The molecule has 0 spiro atoms. The van der Waals surface area contributed by atoms with Gasteiger partial charge in [0.25, 0.3) is 0 Å². The van der Waals surface area contributed by atoms with E-state index in [1.54, 1.807) is 0 Å². The minimum atomic E-state index is -0.312. The Morgan fingerprint density at radius 2 is 2.00 bits per heavy atom. The lowest BCUT2D eigenvalue weighted by atomic mass is 9.84. The molecule has 2 unspecified atom stereocenters. The number of aryl methyl sites for hydroxylation is 1. The summed E-state index contributed by atoms with van der Waals surface area (Å²) in [6.45, 7) is 4.22. The van der Waals surface area contributed by atoms with Crippen LogP contribution in [0.15, 0.2) is 6.20 Å². The second-order valence-corrected chi connectivity index (χ2v) is 9.77. The van der Waals surface area contributed by atoms with Gasteiger partial charge < -0.3 is 15.5 Å². The van der Waals surface area contributed by atoms with Crippen molar-refractivity contribution in [3.8, 4) is 0 Å². The number of fused-ring (bicyclic) bond motifs is 1. The summed E-state index contributed by atoms with van der Waals surface area (Å²) in [5.41, 5.74) is 2.52. The summed E-state index contributed by atoms with van der Waals surface area (Å²) in [7, 11) is 0. The van der Waals surface area contributed by atoms with Crippen molar-refractivity contribution in [3.63, 3.8) is 0 Å². The zero-order valence-corrected chi connectivity index (χ0v) is 19.0. The smallest absolute Gasteiger partial charge is 0.242 e. The minimum absolute atomic E-state index is 0.0248. The van der Waals surface area contributed by atoms with Crippen LogP contribution in [0, 0.1) is 11.8 Å². The first-order valence-corrected chi connectivity index (χ1v) is 12.5. The Hall–Kier alpha value is -1.89. The third-order valence-corrected chi connectivity index (χ3v) is 7.56. The van der Waals surface area contributed by atoms with Crippen molar-refractivity contribution in [2.75, 3.05) is 19.6 Å². The Balaban J connectivity index is 1.31. The quantitative estimate of drug-likeness (QED) is 0.592. The average Bonchev–Trinajstić information content (AvgIpc) is 3.46. The van der Waals surface area contributed by atoms with Gasteiger partial charge in [-0.2, -0.15) is 5.10 Å². The van der Waals surface area contributed by atoms with E-state index >= 15 is 0 Å². The SMILES string of the molecule is CCN[C@H](CC1CCCCC1)C(=O)N1CCCC1C(=O)NCC1CCc2[nH]ncc2C1. The van der Waals surface area contributed by atoms with Gasteiger partial charge in [0.05, 0.1) is 12.2 Å². The van der Waals surface area contributed by atoms with Gasteiger partial charge in [0.1, 0.15) is 6.04 Å². The number of rotatable bonds is 8. The fourth-order valence-corrected chi connectivity index (χ4v) is 5.81. The maximum Gasteiger partial charge on any atom is 0.242 e. The van der Waals surface area contributed by atoms with Crippen LogP contribution in [0.1, 0.15) is 76.0 Å². The van der Waals surface area contributed by atoms with Gasteiger partial charge in [-0.1, -0.05) is 39.0 Å². The highest BCUT2D eigenvalue weighted by Gasteiger charge is 2.37. The van der Waals surface area contributed by atoms with E-state index in [-0.39, 0.29) is 23.9 Å². The highest BCUT2D eigenvalue weighted by Crippen LogP contribution is 2.29. The molecule has 0 radical (unpaired) electrons. The van der Waals surface area contributed by atoms with Gasteiger partial charge in [-0.25, -0.2) is 0 Å². The van der Waals surface area contributed by atoms with Gasteiger partial charge in [0.2, 0.25) is 11.8 Å². The largest absolute Gasteiger partial charge is 0.354 e. The lowest BCUT2D eigenvalue weighted by Gasteiger charge is -2.32. The van der Waals surface area contributed by atoms with E-state index < -0.39 is 0 Å². The first-order valence-electron chi connectivity index (χ1n) is 12.5. The van der Waals surface area contributed by atoms with Crippen molar-refractivity contribution in [3.05, 3.63) is 17.5 Å². The molecule has 7 nitrogen and oxygen atoms in total. The van der Waals surface area contributed by atoms with Crippen LogP contribution in [-0.2, 0) is 22.4 Å². The van der Waals surface area contributed by atoms with Crippen LogP contribution in [0.3, 0.4) is 0 Å². The molecule has 1 aliphatic heterocycles. The Labute approximate surface area is 186 Å². The Morgan fingerprint density at radius 1 is 1.16 bits per heavy atom. The Bertz CT molecular complexity index is 742. The summed E-state index contributed by atoms with van der Waals surface area (Å²) in [5.74, 6) is 1.23. The molecule has 1 aromatic heterocycles. The van der Waals surface area contributed by atoms with E-state index in [4.69, 9.17) is 0 Å². The zero-order valence-electron chi connectivity index (χ0n) is 19.0. The van der Waals surface area contributed by atoms with Crippen molar-refractivity contribution in [2.45, 2.75) is 89.6 Å². The molecule has 2 fully saturated rings. The molecule has 1 saturated carbocycles. The van der Waals surface area contributed by atoms with Crippen LogP contribution in [0.4, 0.5) is 0 Å². The normalized spacial score (nSPS) is 25.3. The predicted octanol–water partition coefficient (Wildman–Crippen LogP) is 2.57. The number of nitrogens with zero attached hydrogens (tertiary/aromatic N) is 2. The highest BCUT2D eigenvalue weighted by atomic mass is 16.2. The van der Waals surface area contributed by atoms with Crippen molar-refractivity contribution in [1.29, 1.82) is 0 Å². The molecule has 7 heteroatoms. The maximum atomic E-state index is 13.4. The first-order chi connectivity index (χ1) is 15.2. The number of carbonyl (C=O) groups is 2. The van der Waals surface area contributed by atoms with Crippen LogP contribution in [0.5, 0.6) is 0 Å². The number of aromatic nitrogens is 2.